The summed E-state index contributed by atoms with van der Waals surface area (Å²) in [5.41, 5.74) is 0.361. The third kappa shape index (κ3) is 3.12. The minimum atomic E-state index is -2.96. The molecule has 19 heavy (non-hydrogen) atoms. The molecule has 0 saturated heterocycles. The van der Waals surface area contributed by atoms with Gasteiger partial charge in [0.25, 0.3) is 0 Å². The number of halogens is 2. The predicted octanol–water partition coefficient (Wildman–Crippen LogP) is 1.82. The van der Waals surface area contributed by atoms with Crippen LogP contribution >= 0.6 is 0 Å². The number of carbonyl (C=O) groups is 1. The molecule has 2 rings (SSSR count). The van der Waals surface area contributed by atoms with Crippen LogP contribution in [0.15, 0.2) is 24.8 Å². The van der Waals surface area contributed by atoms with E-state index in [1.165, 1.54) is 12.1 Å². The molecule has 0 radical (unpaired) electrons. The molecule has 102 valence electrons. The van der Waals surface area contributed by atoms with E-state index in [9.17, 15) is 13.6 Å². The number of ether oxygens (including phenoxy) is 3. The monoisotopic (exact) mass is 271 g/mol. The van der Waals surface area contributed by atoms with E-state index in [0.29, 0.717) is 17.1 Å². The zero-order valence-corrected chi connectivity index (χ0v) is 9.82. The van der Waals surface area contributed by atoms with Gasteiger partial charge in [-0.2, -0.15) is 8.78 Å². The summed E-state index contributed by atoms with van der Waals surface area (Å²) in [4.78, 5) is 11.1. The number of nitrogens with one attached hydrogen (secondary N) is 1. The molecule has 1 aromatic carbocycles. The summed E-state index contributed by atoms with van der Waals surface area (Å²) in [6.07, 6.45) is 1.08. The first-order valence-electron chi connectivity index (χ1n) is 5.37. The number of carbonyl (C=O) groups excluding carboxylic acids is 1. The van der Waals surface area contributed by atoms with Crippen molar-refractivity contribution in [3.8, 4) is 17.2 Å². The largest absolute Gasteiger partial charge is 0.454 e. The van der Waals surface area contributed by atoms with E-state index in [1.54, 1.807) is 0 Å². The van der Waals surface area contributed by atoms with Crippen LogP contribution in [0.4, 0.5) is 8.78 Å². The van der Waals surface area contributed by atoms with Crippen LogP contribution in [0, 0.1) is 0 Å². The highest BCUT2D eigenvalue weighted by Crippen LogP contribution is 2.38. The molecule has 0 spiro atoms. The second kappa shape index (κ2) is 5.55. The molecule has 1 heterocycles. The first-order valence-corrected chi connectivity index (χ1v) is 5.37. The van der Waals surface area contributed by atoms with E-state index in [2.05, 4.69) is 16.6 Å². The van der Waals surface area contributed by atoms with Gasteiger partial charge in [-0.05, 0) is 12.1 Å². The Morgan fingerprint density at radius 2 is 2.16 bits per heavy atom. The number of fused-ring (bicyclic) bond motifs is 1. The molecule has 1 aliphatic rings. The van der Waals surface area contributed by atoms with Crippen LogP contribution in [0.5, 0.6) is 17.2 Å². The number of rotatable bonds is 5. The predicted molar refractivity (Wildman–Crippen MR) is 61.2 cm³/mol. The van der Waals surface area contributed by atoms with Crippen molar-refractivity contribution in [2.75, 3.05) is 6.79 Å². The fourth-order valence-corrected chi connectivity index (χ4v) is 1.56. The number of amides is 1. The van der Waals surface area contributed by atoms with Crippen LogP contribution in [0.3, 0.4) is 0 Å². The second-order valence-corrected chi connectivity index (χ2v) is 3.61. The smallest absolute Gasteiger partial charge is 0.387 e. The maximum absolute atomic E-state index is 12.3. The molecule has 1 amide bonds. The van der Waals surface area contributed by atoms with Gasteiger partial charge in [-0.1, -0.05) is 6.58 Å². The van der Waals surface area contributed by atoms with Crippen molar-refractivity contribution in [3.63, 3.8) is 0 Å². The van der Waals surface area contributed by atoms with Gasteiger partial charge in [0, 0.05) is 18.2 Å². The summed E-state index contributed by atoms with van der Waals surface area (Å²) >= 11 is 0. The van der Waals surface area contributed by atoms with Crippen molar-refractivity contribution in [1.82, 2.24) is 5.32 Å². The Labute approximate surface area is 107 Å². The summed E-state index contributed by atoms with van der Waals surface area (Å²) in [5.74, 6) is 0.267. The minimum Gasteiger partial charge on any atom is -0.454 e. The zero-order valence-electron chi connectivity index (χ0n) is 9.82. The van der Waals surface area contributed by atoms with Crippen molar-refractivity contribution in [3.05, 3.63) is 30.4 Å². The SMILES string of the molecule is C=CC(=O)NCc1cc2c(cc1OC(F)F)OCO2. The normalized spacial score (nSPS) is 12.4. The molecule has 0 atom stereocenters. The average Bonchev–Trinajstić information content (AvgIpc) is 2.81. The standard InChI is InChI=1S/C12H11F2NO4/c1-2-11(16)15-5-7-3-9-10(18-6-17-9)4-8(7)19-12(13)14/h2-4,12H,1,5-6H2,(H,15,16). The van der Waals surface area contributed by atoms with Crippen LogP contribution in [0.2, 0.25) is 0 Å². The van der Waals surface area contributed by atoms with Crippen LogP contribution in [0.25, 0.3) is 0 Å². The van der Waals surface area contributed by atoms with Crippen LogP contribution < -0.4 is 19.5 Å². The van der Waals surface area contributed by atoms with E-state index < -0.39 is 12.5 Å². The Hall–Kier alpha value is -2.31. The third-order valence-corrected chi connectivity index (χ3v) is 2.41. The van der Waals surface area contributed by atoms with Crippen molar-refractivity contribution in [2.45, 2.75) is 13.2 Å². The van der Waals surface area contributed by atoms with Gasteiger partial charge in [0.05, 0.1) is 0 Å². The molecule has 0 aromatic heterocycles. The Bertz CT molecular complexity index is 505. The van der Waals surface area contributed by atoms with Gasteiger partial charge in [0.2, 0.25) is 12.7 Å². The molecule has 7 heteroatoms. The number of benzene rings is 1. The Kier molecular flexibility index (Phi) is 3.84. The molecule has 1 N–H and O–H groups in total. The number of hydrogen-bond acceptors (Lipinski definition) is 4. The lowest BCUT2D eigenvalue weighted by Crippen LogP contribution is -2.20. The lowest BCUT2D eigenvalue weighted by molar-refractivity contribution is -0.116. The number of alkyl halides is 2. The number of hydrogen-bond donors (Lipinski definition) is 1. The van der Waals surface area contributed by atoms with Gasteiger partial charge < -0.3 is 19.5 Å². The topological polar surface area (TPSA) is 56.8 Å². The molecular weight excluding hydrogens is 260 g/mol. The molecule has 0 unspecified atom stereocenters. The second-order valence-electron chi connectivity index (χ2n) is 3.61. The van der Waals surface area contributed by atoms with E-state index in [1.807, 2.05) is 0 Å². The zero-order chi connectivity index (χ0) is 13.8. The maximum atomic E-state index is 12.3. The molecule has 1 aromatic rings. The van der Waals surface area contributed by atoms with Gasteiger partial charge in [-0.25, -0.2) is 0 Å². The molecule has 1 aliphatic heterocycles. The minimum absolute atomic E-state index is 0.0174. The van der Waals surface area contributed by atoms with Crippen molar-refractivity contribution >= 4 is 5.91 Å². The fourth-order valence-electron chi connectivity index (χ4n) is 1.56. The van der Waals surface area contributed by atoms with Crippen LogP contribution in [-0.4, -0.2) is 19.3 Å². The molecule has 0 saturated carbocycles. The van der Waals surface area contributed by atoms with Crippen molar-refractivity contribution in [2.24, 2.45) is 0 Å². The fraction of sp³-hybridized carbons (Fsp3) is 0.250. The Balaban J connectivity index is 2.23. The summed E-state index contributed by atoms with van der Waals surface area (Å²) in [5, 5.41) is 2.48. The summed E-state index contributed by atoms with van der Waals surface area (Å²) in [7, 11) is 0. The first kappa shape index (κ1) is 13.1. The lowest BCUT2D eigenvalue weighted by Gasteiger charge is -2.12. The highest BCUT2D eigenvalue weighted by atomic mass is 19.3. The van der Waals surface area contributed by atoms with Crippen LogP contribution in [0.1, 0.15) is 5.56 Å². The van der Waals surface area contributed by atoms with Gasteiger partial charge in [-0.3, -0.25) is 4.79 Å². The van der Waals surface area contributed by atoms with E-state index in [4.69, 9.17) is 9.47 Å². The Morgan fingerprint density at radius 1 is 1.47 bits per heavy atom. The van der Waals surface area contributed by atoms with Crippen molar-refractivity contribution < 1.29 is 27.8 Å². The first-order chi connectivity index (χ1) is 9.10. The molecule has 5 nitrogen and oxygen atoms in total. The highest BCUT2D eigenvalue weighted by molar-refractivity contribution is 5.86. The van der Waals surface area contributed by atoms with Crippen molar-refractivity contribution in [1.29, 1.82) is 0 Å². The van der Waals surface area contributed by atoms with Gasteiger partial charge in [0.15, 0.2) is 11.5 Å². The summed E-state index contributed by atoms with van der Waals surface area (Å²) in [6, 6.07) is 2.80. The van der Waals surface area contributed by atoms with E-state index >= 15 is 0 Å². The summed E-state index contributed by atoms with van der Waals surface area (Å²) < 4.78 is 39.2. The molecule has 0 bridgehead atoms. The lowest BCUT2D eigenvalue weighted by atomic mass is 10.1. The maximum Gasteiger partial charge on any atom is 0.387 e. The summed E-state index contributed by atoms with van der Waals surface area (Å²) in [6.45, 7) is 0.367. The molecular formula is C12H11F2NO4. The van der Waals surface area contributed by atoms with Gasteiger partial charge in [-0.15, -0.1) is 0 Å². The molecule has 0 fully saturated rings. The highest BCUT2D eigenvalue weighted by Gasteiger charge is 2.20. The Morgan fingerprint density at radius 3 is 2.79 bits per heavy atom. The molecule has 0 aliphatic carbocycles. The van der Waals surface area contributed by atoms with Gasteiger partial charge in [0.1, 0.15) is 5.75 Å². The van der Waals surface area contributed by atoms with Gasteiger partial charge >= 0.3 is 6.61 Å². The van der Waals surface area contributed by atoms with E-state index in [0.717, 1.165) is 6.08 Å². The van der Waals surface area contributed by atoms with Crippen LogP contribution in [-0.2, 0) is 11.3 Å². The van der Waals surface area contributed by atoms with E-state index in [-0.39, 0.29) is 19.1 Å². The average molecular weight is 271 g/mol. The third-order valence-electron chi connectivity index (χ3n) is 2.41. The quantitative estimate of drug-likeness (QED) is 0.830.